The molecular formula is C30H28ClN3O7. The molecule has 11 heteroatoms. The molecular weight excluding hydrogens is 550 g/mol. The third-order valence-corrected chi connectivity index (χ3v) is 6.67. The van der Waals surface area contributed by atoms with Crippen LogP contribution in [-0.2, 0) is 37.9 Å². The van der Waals surface area contributed by atoms with Crippen molar-refractivity contribution in [2.75, 3.05) is 7.11 Å². The average molecular weight is 578 g/mol. The number of rotatable bonds is 12. The maximum atomic E-state index is 14.0. The van der Waals surface area contributed by atoms with Crippen LogP contribution in [0.15, 0.2) is 84.9 Å². The standard InChI is InChI=1S/C30H28ClN3O7/c1-20-16-21(2)33-29(32-20)41-27(28(35)39-18-22-14-15-23(26(31)17-22)19-40-34(36)37)30(38-3,24-10-6-4-7-11-24)25-12-8-5-9-13-25/h4-17,27H,18-19H2,1-3H3/t27-/m1/s1. The lowest BCUT2D eigenvalue weighted by Crippen LogP contribution is -2.51. The SMILES string of the molecule is COC(c1ccccc1)(c1ccccc1)[C@H](Oc1nc(C)cc(C)n1)C(=O)OCc1ccc(CO[N+](=O)[O-])c(Cl)c1. The number of carbonyl (C=O) groups excluding carboxylic acids is 1. The molecule has 0 radical (unpaired) electrons. The number of methoxy groups -OCH3 is 1. The summed E-state index contributed by atoms with van der Waals surface area (Å²) in [6.07, 6.45) is -1.37. The Labute approximate surface area is 241 Å². The molecule has 1 heterocycles. The Morgan fingerprint density at radius 3 is 2.02 bits per heavy atom. The highest BCUT2D eigenvalue weighted by atomic mass is 35.5. The van der Waals surface area contributed by atoms with E-state index in [9.17, 15) is 14.9 Å². The number of aromatic nitrogens is 2. The molecule has 0 aliphatic carbocycles. The zero-order valence-corrected chi connectivity index (χ0v) is 23.4. The summed E-state index contributed by atoms with van der Waals surface area (Å²) in [6.45, 7) is 3.14. The van der Waals surface area contributed by atoms with E-state index < -0.39 is 22.8 Å². The molecule has 0 aliphatic rings. The smallest absolute Gasteiger partial charge is 0.351 e. The van der Waals surface area contributed by atoms with Gasteiger partial charge in [0, 0.05) is 23.5 Å². The van der Waals surface area contributed by atoms with Gasteiger partial charge in [0.15, 0.2) is 5.60 Å². The van der Waals surface area contributed by atoms with Crippen molar-refractivity contribution in [2.24, 2.45) is 0 Å². The number of ether oxygens (including phenoxy) is 3. The Balaban J connectivity index is 1.73. The minimum atomic E-state index is -1.44. The van der Waals surface area contributed by atoms with Gasteiger partial charge in [-0.1, -0.05) is 84.4 Å². The molecule has 4 aromatic rings. The number of hydrogen-bond acceptors (Lipinski definition) is 9. The Morgan fingerprint density at radius 1 is 0.927 bits per heavy atom. The van der Waals surface area contributed by atoms with E-state index >= 15 is 0 Å². The van der Waals surface area contributed by atoms with Gasteiger partial charge in [-0.15, -0.1) is 10.1 Å². The van der Waals surface area contributed by atoms with E-state index in [1.165, 1.54) is 7.11 Å². The van der Waals surface area contributed by atoms with E-state index in [0.29, 0.717) is 33.6 Å². The van der Waals surface area contributed by atoms with E-state index in [0.717, 1.165) is 0 Å². The number of esters is 1. The number of aryl methyl sites for hydroxylation is 2. The second-order valence-corrected chi connectivity index (χ2v) is 9.54. The molecule has 0 N–H and O–H groups in total. The van der Waals surface area contributed by atoms with Crippen molar-refractivity contribution in [1.29, 1.82) is 0 Å². The summed E-state index contributed by atoms with van der Waals surface area (Å²) in [5, 5.41) is 9.86. The molecule has 10 nitrogen and oxygen atoms in total. The molecule has 0 saturated carbocycles. The fourth-order valence-electron chi connectivity index (χ4n) is 4.48. The minimum absolute atomic E-state index is 0.00377. The molecule has 212 valence electrons. The highest BCUT2D eigenvalue weighted by Gasteiger charge is 2.50. The fraction of sp³-hybridized carbons (Fsp3) is 0.233. The van der Waals surface area contributed by atoms with Crippen molar-refractivity contribution in [1.82, 2.24) is 9.97 Å². The van der Waals surface area contributed by atoms with E-state index in [4.69, 9.17) is 25.8 Å². The largest absolute Gasteiger partial charge is 0.458 e. The minimum Gasteiger partial charge on any atom is -0.458 e. The normalized spacial score (nSPS) is 11.9. The van der Waals surface area contributed by atoms with Crippen LogP contribution in [-0.4, -0.2) is 34.2 Å². The molecule has 0 spiro atoms. The van der Waals surface area contributed by atoms with Gasteiger partial charge in [-0.05, 0) is 48.2 Å². The second kappa shape index (κ2) is 13.2. The second-order valence-electron chi connectivity index (χ2n) is 9.13. The molecule has 0 amide bonds. The van der Waals surface area contributed by atoms with E-state index in [1.54, 1.807) is 38.1 Å². The highest BCUT2D eigenvalue weighted by Crippen LogP contribution is 2.39. The van der Waals surface area contributed by atoms with Gasteiger partial charge in [0.2, 0.25) is 6.10 Å². The average Bonchev–Trinajstić information content (AvgIpc) is 2.96. The number of hydrogen-bond donors (Lipinski definition) is 0. The Hall–Kier alpha value is -4.54. The topological polar surface area (TPSA) is 123 Å². The molecule has 3 aromatic carbocycles. The van der Waals surface area contributed by atoms with Crippen LogP contribution in [0.1, 0.15) is 33.6 Å². The lowest BCUT2D eigenvalue weighted by atomic mass is 9.81. The molecule has 1 aromatic heterocycles. The first-order valence-electron chi connectivity index (χ1n) is 12.6. The first kappa shape index (κ1) is 29.4. The number of benzene rings is 3. The Kier molecular flexibility index (Phi) is 9.49. The fourth-order valence-corrected chi connectivity index (χ4v) is 4.74. The zero-order valence-electron chi connectivity index (χ0n) is 22.7. The summed E-state index contributed by atoms with van der Waals surface area (Å²) in [6, 6.07) is 25.0. The van der Waals surface area contributed by atoms with Gasteiger partial charge < -0.3 is 19.0 Å². The van der Waals surface area contributed by atoms with Gasteiger partial charge in [-0.3, -0.25) is 0 Å². The third-order valence-electron chi connectivity index (χ3n) is 6.32. The molecule has 0 bridgehead atoms. The van der Waals surface area contributed by atoms with E-state index in [-0.39, 0.29) is 24.2 Å². The quantitative estimate of drug-likeness (QED) is 0.121. The van der Waals surface area contributed by atoms with Crippen LogP contribution in [0.25, 0.3) is 0 Å². The van der Waals surface area contributed by atoms with Crippen molar-refractivity contribution in [3.05, 3.63) is 134 Å². The van der Waals surface area contributed by atoms with Crippen molar-refractivity contribution >= 4 is 17.6 Å². The van der Waals surface area contributed by atoms with Crippen molar-refractivity contribution in [3.63, 3.8) is 0 Å². The van der Waals surface area contributed by atoms with Crippen LogP contribution in [0.3, 0.4) is 0 Å². The van der Waals surface area contributed by atoms with Crippen LogP contribution in [0, 0.1) is 24.0 Å². The van der Waals surface area contributed by atoms with Gasteiger partial charge >= 0.3 is 12.0 Å². The summed E-state index contributed by atoms with van der Waals surface area (Å²) in [5.41, 5.74) is 2.16. The first-order chi connectivity index (χ1) is 19.7. The molecule has 1 atom stereocenters. The molecule has 41 heavy (non-hydrogen) atoms. The van der Waals surface area contributed by atoms with Gasteiger partial charge in [-0.2, -0.15) is 0 Å². The lowest BCUT2D eigenvalue weighted by molar-refractivity contribution is -0.763. The molecule has 0 saturated heterocycles. The number of nitrogens with zero attached hydrogens (tertiary/aromatic N) is 3. The van der Waals surface area contributed by atoms with Crippen molar-refractivity contribution in [2.45, 2.75) is 38.8 Å². The summed E-state index contributed by atoms with van der Waals surface area (Å²) in [5.74, 6) is -0.737. The number of carbonyl (C=O) groups is 1. The van der Waals surface area contributed by atoms with Gasteiger partial charge in [0.05, 0.1) is 0 Å². The van der Waals surface area contributed by atoms with Crippen LogP contribution < -0.4 is 4.74 Å². The predicted octanol–water partition coefficient (Wildman–Crippen LogP) is 5.54. The Morgan fingerprint density at radius 2 is 1.51 bits per heavy atom. The zero-order chi connectivity index (χ0) is 29.4. The van der Waals surface area contributed by atoms with Gasteiger partial charge in [0.1, 0.15) is 13.2 Å². The summed E-state index contributed by atoms with van der Waals surface area (Å²) in [7, 11) is 1.50. The molecule has 0 aliphatic heterocycles. The van der Waals surface area contributed by atoms with Crippen molar-refractivity contribution in [3.8, 4) is 6.01 Å². The first-order valence-corrected chi connectivity index (χ1v) is 13.0. The maximum absolute atomic E-state index is 14.0. The third kappa shape index (κ3) is 6.97. The maximum Gasteiger partial charge on any atom is 0.351 e. The summed E-state index contributed by atoms with van der Waals surface area (Å²) in [4.78, 5) is 37.7. The van der Waals surface area contributed by atoms with Gasteiger partial charge in [0.25, 0.3) is 5.09 Å². The van der Waals surface area contributed by atoms with Crippen LogP contribution in [0.2, 0.25) is 5.02 Å². The summed E-state index contributed by atoms with van der Waals surface area (Å²) < 4.78 is 18.2. The van der Waals surface area contributed by atoms with Crippen LogP contribution in [0.5, 0.6) is 6.01 Å². The van der Waals surface area contributed by atoms with Crippen LogP contribution >= 0.6 is 11.6 Å². The molecule has 0 fully saturated rings. The van der Waals surface area contributed by atoms with E-state index in [2.05, 4.69) is 14.8 Å². The predicted molar refractivity (Wildman–Crippen MR) is 150 cm³/mol. The monoisotopic (exact) mass is 577 g/mol. The van der Waals surface area contributed by atoms with E-state index in [1.807, 2.05) is 60.7 Å². The summed E-state index contributed by atoms with van der Waals surface area (Å²) >= 11 is 6.28. The van der Waals surface area contributed by atoms with Crippen LogP contribution in [0.4, 0.5) is 0 Å². The molecule has 0 unspecified atom stereocenters. The Bertz CT molecular complexity index is 1440. The highest BCUT2D eigenvalue weighted by molar-refractivity contribution is 6.31. The molecule has 4 rings (SSSR count). The number of halogens is 1. The van der Waals surface area contributed by atoms with Gasteiger partial charge in [-0.25, -0.2) is 14.8 Å². The van der Waals surface area contributed by atoms with Crippen molar-refractivity contribution < 1.29 is 28.9 Å². The lowest BCUT2D eigenvalue weighted by Gasteiger charge is -2.38.